The third kappa shape index (κ3) is 3.99. The second-order valence-electron chi connectivity index (χ2n) is 7.09. The highest BCUT2D eigenvalue weighted by atomic mass is 32.2. The van der Waals surface area contributed by atoms with Gasteiger partial charge in [-0.1, -0.05) is 0 Å². The average molecular weight is 454 g/mol. The Morgan fingerprint density at radius 2 is 1.74 bits per heavy atom. The van der Waals surface area contributed by atoms with Gasteiger partial charge < -0.3 is 5.73 Å². The van der Waals surface area contributed by atoms with E-state index in [-0.39, 0.29) is 16.6 Å². The number of nitrogens with two attached hydrogens (primary N) is 1. The van der Waals surface area contributed by atoms with Crippen LogP contribution in [0.1, 0.15) is 32.2 Å². The summed E-state index contributed by atoms with van der Waals surface area (Å²) in [5, 5.41) is 0.778. The second kappa shape index (κ2) is 7.71. The summed E-state index contributed by atoms with van der Waals surface area (Å²) >= 11 is 1.24. The zero-order valence-electron chi connectivity index (χ0n) is 17.0. The maximum absolute atomic E-state index is 13.0. The van der Waals surface area contributed by atoms with Crippen molar-refractivity contribution >= 4 is 49.0 Å². The highest BCUT2D eigenvalue weighted by Gasteiger charge is 2.22. The molecular formula is C21H19N5O3S2. The highest BCUT2D eigenvalue weighted by molar-refractivity contribution is 7.92. The van der Waals surface area contributed by atoms with E-state index in [1.54, 1.807) is 13.0 Å². The molecule has 0 spiro atoms. The molecule has 0 bridgehead atoms. The Balaban J connectivity index is 1.64. The Hall–Kier alpha value is -3.37. The number of aromatic nitrogens is 3. The Morgan fingerprint density at radius 1 is 1.03 bits per heavy atom. The molecule has 158 valence electrons. The van der Waals surface area contributed by atoms with Crippen LogP contribution in [0, 0.1) is 20.8 Å². The minimum Gasteiger partial charge on any atom is -0.397 e. The standard InChI is InChI=1S/C21H19N5O3S2/c1-11-10-13(3)24-20-16(11)17(22)19(30-20)18(27)14-4-6-15(7-5-14)31(28,29)26-21-23-9-8-12(2)25-21/h4-10H,22H2,1-3H3,(H,23,25,26). The summed E-state index contributed by atoms with van der Waals surface area (Å²) in [6.07, 6.45) is 1.47. The van der Waals surface area contributed by atoms with Crippen molar-refractivity contribution in [1.29, 1.82) is 0 Å². The number of ketones is 1. The monoisotopic (exact) mass is 453 g/mol. The highest BCUT2D eigenvalue weighted by Crippen LogP contribution is 2.36. The molecule has 0 unspecified atom stereocenters. The van der Waals surface area contributed by atoms with Gasteiger partial charge in [-0.05, 0) is 62.7 Å². The molecule has 0 amide bonds. The number of hydrogen-bond acceptors (Lipinski definition) is 8. The van der Waals surface area contributed by atoms with Gasteiger partial charge in [-0.25, -0.2) is 28.1 Å². The average Bonchev–Trinajstić information content (AvgIpc) is 3.03. The lowest BCUT2D eigenvalue weighted by Crippen LogP contribution is -2.15. The Morgan fingerprint density at radius 3 is 2.42 bits per heavy atom. The van der Waals surface area contributed by atoms with Gasteiger partial charge in [0, 0.05) is 28.5 Å². The lowest BCUT2D eigenvalue weighted by atomic mass is 10.1. The molecule has 10 heteroatoms. The van der Waals surface area contributed by atoms with Crippen LogP contribution in [0.15, 0.2) is 47.5 Å². The molecule has 3 heterocycles. The number of carbonyl (C=O) groups is 1. The lowest BCUT2D eigenvalue weighted by molar-refractivity contribution is 0.104. The molecule has 0 saturated heterocycles. The molecule has 3 N–H and O–H groups in total. The predicted molar refractivity (Wildman–Crippen MR) is 121 cm³/mol. The number of rotatable bonds is 5. The van der Waals surface area contributed by atoms with Gasteiger partial charge in [-0.2, -0.15) is 0 Å². The van der Waals surface area contributed by atoms with Crippen molar-refractivity contribution in [2.45, 2.75) is 25.7 Å². The normalized spacial score (nSPS) is 11.6. The van der Waals surface area contributed by atoms with Gasteiger partial charge in [0.15, 0.2) is 0 Å². The number of aryl methyl sites for hydroxylation is 3. The summed E-state index contributed by atoms with van der Waals surface area (Å²) in [6.45, 7) is 5.55. The minimum absolute atomic E-state index is 0.00777. The zero-order valence-corrected chi connectivity index (χ0v) is 18.6. The zero-order chi connectivity index (χ0) is 22.3. The number of thiophene rings is 1. The van der Waals surface area contributed by atoms with Crippen LogP contribution in [0.4, 0.5) is 11.6 Å². The molecule has 4 aromatic rings. The van der Waals surface area contributed by atoms with Gasteiger partial charge in [0.25, 0.3) is 10.0 Å². The Bertz CT molecular complexity index is 1430. The molecule has 0 aliphatic heterocycles. The molecule has 0 radical (unpaired) electrons. The largest absolute Gasteiger partial charge is 0.397 e. The van der Waals surface area contributed by atoms with Crippen LogP contribution in [0.5, 0.6) is 0 Å². The van der Waals surface area contributed by atoms with E-state index in [2.05, 4.69) is 19.7 Å². The maximum atomic E-state index is 13.0. The summed E-state index contributed by atoms with van der Waals surface area (Å²) in [5.74, 6) is -0.298. The first-order valence-corrected chi connectivity index (χ1v) is 11.6. The van der Waals surface area contributed by atoms with E-state index in [1.807, 2.05) is 19.9 Å². The van der Waals surface area contributed by atoms with Crippen molar-refractivity contribution < 1.29 is 13.2 Å². The molecule has 0 atom stereocenters. The number of anilines is 2. The fourth-order valence-electron chi connectivity index (χ4n) is 3.23. The molecule has 8 nitrogen and oxygen atoms in total. The molecule has 0 saturated carbocycles. The van der Waals surface area contributed by atoms with Gasteiger partial charge in [0.2, 0.25) is 11.7 Å². The van der Waals surface area contributed by atoms with Crippen molar-refractivity contribution in [3.8, 4) is 0 Å². The van der Waals surface area contributed by atoms with Crippen molar-refractivity contribution in [3.05, 3.63) is 70.0 Å². The number of nitrogens with one attached hydrogen (secondary N) is 1. The molecule has 4 rings (SSSR count). The SMILES string of the molecule is Cc1ccnc(NS(=O)(=O)c2ccc(C(=O)c3sc4nc(C)cc(C)c4c3N)cc2)n1. The van der Waals surface area contributed by atoms with E-state index in [4.69, 9.17) is 5.73 Å². The predicted octanol–water partition coefficient (Wildman–Crippen LogP) is 3.63. The lowest BCUT2D eigenvalue weighted by Gasteiger charge is -2.07. The van der Waals surface area contributed by atoms with Crippen LogP contribution in [-0.4, -0.2) is 29.2 Å². The first-order chi connectivity index (χ1) is 14.7. The third-order valence-corrected chi connectivity index (χ3v) is 7.12. The maximum Gasteiger partial charge on any atom is 0.264 e. The Kier molecular flexibility index (Phi) is 5.19. The van der Waals surface area contributed by atoms with Crippen molar-refractivity contribution in [2.75, 3.05) is 10.5 Å². The number of pyridine rings is 1. The number of nitrogens with zero attached hydrogens (tertiary/aromatic N) is 3. The van der Waals surface area contributed by atoms with E-state index in [0.29, 0.717) is 26.7 Å². The van der Waals surface area contributed by atoms with E-state index >= 15 is 0 Å². The number of hydrogen-bond donors (Lipinski definition) is 2. The van der Waals surface area contributed by atoms with Crippen LogP contribution >= 0.6 is 11.3 Å². The number of fused-ring (bicyclic) bond motifs is 1. The van der Waals surface area contributed by atoms with Crippen LogP contribution < -0.4 is 10.5 Å². The van der Waals surface area contributed by atoms with E-state index in [0.717, 1.165) is 16.6 Å². The summed E-state index contributed by atoms with van der Waals surface area (Å²) in [5.41, 5.74) is 9.43. The van der Waals surface area contributed by atoms with E-state index < -0.39 is 10.0 Å². The molecule has 0 fully saturated rings. The molecule has 0 aliphatic carbocycles. The van der Waals surface area contributed by atoms with E-state index in [9.17, 15) is 13.2 Å². The summed E-state index contributed by atoms with van der Waals surface area (Å²) in [4.78, 5) is 26.5. The van der Waals surface area contributed by atoms with Crippen LogP contribution in [-0.2, 0) is 10.0 Å². The van der Waals surface area contributed by atoms with Gasteiger partial charge in [-0.15, -0.1) is 11.3 Å². The minimum atomic E-state index is -3.89. The van der Waals surface area contributed by atoms with Gasteiger partial charge in [0.1, 0.15) is 9.71 Å². The molecule has 3 aromatic heterocycles. The number of carbonyl (C=O) groups excluding carboxylic acids is 1. The Labute approximate surface area is 183 Å². The quantitative estimate of drug-likeness (QED) is 0.442. The summed E-state index contributed by atoms with van der Waals surface area (Å²) in [7, 11) is -3.89. The first kappa shape index (κ1) is 20.9. The first-order valence-electron chi connectivity index (χ1n) is 9.29. The number of sulfonamides is 1. The van der Waals surface area contributed by atoms with E-state index in [1.165, 1.54) is 41.8 Å². The molecule has 0 aliphatic rings. The third-order valence-electron chi connectivity index (χ3n) is 4.68. The molecular weight excluding hydrogens is 434 g/mol. The van der Waals surface area contributed by atoms with Crippen LogP contribution in [0.2, 0.25) is 0 Å². The van der Waals surface area contributed by atoms with Gasteiger partial charge in [0.05, 0.1) is 10.6 Å². The number of nitrogen functional groups attached to an aromatic ring is 1. The van der Waals surface area contributed by atoms with Crippen LogP contribution in [0.25, 0.3) is 10.2 Å². The summed E-state index contributed by atoms with van der Waals surface area (Å²) < 4.78 is 27.5. The summed E-state index contributed by atoms with van der Waals surface area (Å²) in [6, 6.07) is 9.23. The van der Waals surface area contributed by atoms with Crippen LogP contribution in [0.3, 0.4) is 0 Å². The fraction of sp³-hybridized carbons (Fsp3) is 0.143. The van der Waals surface area contributed by atoms with Gasteiger partial charge >= 0.3 is 0 Å². The topological polar surface area (TPSA) is 128 Å². The molecule has 1 aromatic carbocycles. The van der Waals surface area contributed by atoms with Crippen molar-refractivity contribution in [1.82, 2.24) is 15.0 Å². The fourth-order valence-corrected chi connectivity index (χ4v) is 5.36. The van der Waals surface area contributed by atoms with Crippen molar-refractivity contribution in [2.24, 2.45) is 0 Å². The number of benzene rings is 1. The molecule has 31 heavy (non-hydrogen) atoms. The second-order valence-corrected chi connectivity index (χ2v) is 9.77. The van der Waals surface area contributed by atoms with Crippen molar-refractivity contribution in [3.63, 3.8) is 0 Å². The smallest absolute Gasteiger partial charge is 0.264 e. The van der Waals surface area contributed by atoms with Gasteiger partial charge in [-0.3, -0.25) is 4.79 Å².